The Bertz CT molecular complexity index is 1200. The van der Waals surface area contributed by atoms with Crippen LogP contribution in [0.5, 0.6) is 0 Å². The molecule has 11 heteroatoms. The van der Waals surface area contributed by atoms with Crippen LogP contribution in [0.25, 0.3) is 10.2 Å². The highest BCUT2D eigenvalue weighted by Gasteiger charge is 2.15. The van der Waals surface area contributed by atoms with Crippen molar-refractivity contribution < 1.29 is 19.2 Å². The zero-order chi connectivity index (χ0) is 23.1. The number of nitro benzene ring substituents is 1. The number of carbonyl (C=O) groups excluding carboxylic acids is 2. The third-order valence-electron chi connectivity index (χ3n) is 4.31. The number of thiazole rings is 1. The summed E-state index contributed by atoms with van der Waals surface area (Å²) in [5.41, 5.74) is 0.354. The van der Waals surface area contributed by atoms with Crippen LogP contribution in [0.3, 0.4) is 0 Å². The van der Waals surface area contributed by atoms with Crippen LogP contribution < -0.4 is 4.80 Å². The lowest BCUT2D eigenvalue weighted by molar-refractivity contribution is -0.384. The average Bonchev–Trinajstić information content (AvgIpc) is 3.08. The molecular weight excluding hydrogens is 474 g/mol. The first kappa shape index (κ1) is 24.0. The van der Waals surface area contributed by atoms with E-state index in [1.165, 1.54) is 28.0 Å². The Kier molecular flexibility index (Phi) is 8.43. The highest BCUT2D eigenvalue weighted by molar-refractivity contribution is 7.99. The Labute approximate surface area is 197 Å². The SMILES string of the molecule is CCOC(=O)Cn1c(=NC(=O)CCCSc2ccc(Cl)cc2)sc2ccc([N+](=O)[O-])cc21. The fourth-order valence-corrected chi connectivity index (χ4v) is 4.86. The zero-order valence-corrected chi connectivity index (χ0v) is 19.5. The van der Waals surface area contributed by atoms with Crippen LogP contribution in [0.2, 0.25) is 5.02 Å². The summed E-state index contributed by atoms with van der Waals surface area (Å²) >= 11 is 8.70. The minimum atomic E-state index is -0.508. The molecule has 1 amide bonds. The number of thioether (sulfide) groups is 1. The molecule has 1 aromatic heterocycles. The van der Waals surface area contributed by atoms with E-state index < -0.39 is 10.9 Å². The maximum atomic E-state index is 12.5. The smallest absolute Gasteiger partial charge is 0.326 e. The molecule has 0 aliphatic carbocycles. The van der Waals surface area contributed by atoms with Crippen molar-refractivity contribution in [2.45, 2.75) is 31.2 Å². The fraction of sp³-hybridized carbons (Fsp3) is 0.286. The van der Waals surface area contributed by atoms with Crippen molar-refractivity contribution in [3.8, 4) is 0 Å². The molecule has 0 spiro atoms. The van der Waals surface area contributed by atoms with Crippen molar-refractivity contribution in [3.63, 3.8) is 0 Å². The van der Waals surface area contributed by atoms with Crippen molar-refractivity contribution in [1.82, 2.24) is 4.57 Å². The van der Waals surface area contributed by atoms with E-state index in [4.69, 9.17) is 16.3 Å². The molecule has 3 aromatic rings. The molecule has 8 nitrogen and oxygen atoms in total. The molecule has 0 aliphatic rings. The van der Waals surface area contributed by atoms with Gasteiger partial charge in [0.2, 0.25) is 5.91 Å². The number of hydrogen-bond acceptors (Lipinski definition) is 7. The van der Waals surface area contributed by atoms with E-state index in [2.05, 4.69) is 4.99 Å². The van der Waals surface area contributed by atoms with Gasteiger partial charge in [0, 0.05) is 28.5 Å². The Morgan fingerprint density at radius 3 is 2.69 bits per heavy atom. The quantitative estimate of drug-likeness (QED) is 0.139. The molecule has 0 saturated heterocycles. The summed E-state index contributed by atoms with van der Waals surface area (Å²) in [5, 5.41) is 11.8. The number of hydrogen-bond donors (Lipinski definition) is 0. The van der Waals surface area contributed by atoms with Gasteiger partial charge in [0.05, 0.1) is 21.7 Å². The number of fused-ring (bicyclic) bond motifs is 1. The van der Waals surface area contributed by atoms with Gasteiger partial charge in [-0.2, -0.15) is 4.99 Å². The number of halogens is 1. The summed E-state index contributed by atoms with van der Waals surface area (Å²) in [6.45, 7) is 1.71. The average molecular weight is 494 g/mol. The third kappa shape index (κ3) is 6.41. The second-order valence-corrected chi connectivity index (χ2v) is 9.21. The number of carbonyl (C=O) groups is 2. The van der Waals surface area contributed by atoms with Gasteiger partial charge in [-0.05, 0) is 49.4 Å². The lowest BCUT2D eigenvalue weighted by Gasteiger charge is -2.05. The summed E-state index contributed by atoms with van der Waals surface area (Å²) in [6.07, 6.45) is 0.873. The molecule has 0 atom stereocenters. The second-order valence-electron chi connectivity index (χ2n) is 6.60. The van der Waals surface area contributed by atoms with Gasteiger partial charge in [-0.1, -0.05) is 22.9 Å². The van der Waals surface area contributed by atoms with E-state index in [1.54, 1.807) is 24.8 Å². The molecule has 0 saturated carbocycles. The van der Waals surface area contributed by atoms with Gasteiger partial charge >= 0.3 is 5.97 Å². The second kappa shape index (κ2) is 11.3. The lowest BCUT2D eigenvalue weighted by atomic mass is 10.3. The van der Waals surface area contributed by atoms with E-state index >= 15 is 0 Å². The summed E-state index contributed by atoms with van der Waals surface area (Å²) in [6, 6.07) is 11.8. The summed E-state index contributed by atoms with van der Waals surface area (Å²) in [4.78, 5) is 40.7. The molecule has 0 aliphatic heterocycles. The first-order chi connectivity index (χ1) is 15.4. The van der Waals surface area contributed by atoms with Crippen molar-refractivity contribution in [3.05, 3.63) is 62.4 Å². The van der Waals surface area contributed by atoms with Gasteiger partial charge < -0.3 is 9.30 Å². The van der Waals surface area contributed by atoms with Crippen molar-refractivity contribution in [2.75, 3.05) is 12.4 Å². The molecule has 168 valence electrons. The highest BCUT2D eigenvalue weighted by Crippen LogP contribution is 2.24. The number of amides is 1. The number of non-ortho nitro benzene ring substituents is 1. The monoisotopic (exact) mass is 493 g/mol. The molecule has 3 rings (SSSR count). The normalized spacial score (nSPS) is 11.6. The molecule has 32 heavy (non-hydrogen) atoms. The van der Waals surface area contributed by atoms with Gasteiger partial charge in [-0.3, -0.25) is 19.7 Å². The van der Waals surface area contributed by atoms with E-state index in [-0.39, 0.29) is 31.2 Å². The summed E-state index contributed by atoms with van der Waals surface area (Å²) in [5.74, 6) is -0.0861. The van der Waals surface area contributed by atoms with E-state index in [0.29, 0.717) is 26.5 Å². The maximum Gasteiger partial charge on any atom is 0.326 e. The van der Waals surface area contributed by atoms with Crippen LogP contribution in [0, 0.1) is 10.1 Å². The molecule has 0 bridgehead atoms. The Hall–Kier alpha value is -2.69. The predicted octanol–water partition coefficient (Wildman–Crippen LogP) is 4.83. The van der Waals surface area contributed by atoms with Gasteiger partial charge in [0.15, 0.2) is 4.80 Å². The van der Waals surface area contributed by atoms with Crippen molar-refractivity contribution in [2.24, 2.45) is 4.99 Å². The van der Waals surface area contributed by atoms with Gasteiger partial charge in [-0.15, -0.1) is 11.8 Å². The minimum absolute atomic E-state index is 0.106. The maximum absolute atomic E-state index is 12.5. The van der Waals surface area contributed by atoms with Crippen LogP contribution in [-0.2, 0) is 20.9 Å². The first-order valence-electron chi connectivity index (χ1n) is 9.76. The van der Waals surface area contributed by atoms with Crippen LogP contribution in [0.4, 0.5) is 5.69 Å². The Morgan fingerprint density at radius 1 is 1.25 bits per heavy atom. The third-order valence-corrected chi connectivity index (χ3v) is 6.72. The number of nitrogens with zero attached hydrogens (tertiary/aromatic N) is 3. The van der Waals surface area contributed by atoms with Crippen LogP contribution in [-0.4, -0.2) is 33.7 Å². The van der Waals surface area contributed by atoms with Gasteiger partial charge in [-0.25, -0.2) is 0 Å². The number of aromatic nitrogens is 1. The predicted molar refractivity (Wildman–Crippen MR) is 125 cm³/mol. The molecule has 0 N–H and O–H groups in total. The van der Waals surface area contributed by atoms with Gasteiger partial charge in [0.25, 0.3) is 5.69 Å². The largest absolute Gasteiger partial charge is 0.465 e. The molecule has 2 aromatic carbocycles. The molecular formula is C21H20ClN3O5S2. The fourth-order valence-electron chi connectivity index (χ4n) is 2.85. The molecule has 0 unspecified atom stereocenters. The highest BCUT2D eigenvalue weighted by atomic mass is 35.5. The first-order valence-corrected chi connectivity index (χ1v) is 11.9. The lowest BCUT2D eigenvalue weighted by Crippen LogP contribution is -2.23. The molecule has 0 fully saturated rings. The topological polar surface area (TPSA) is 104 Å². The number of nitro groups is 1. The Morgan fingerprint density at radius 2 is 2.00 bits per heavy atom. The van der Waals surface area contributed by atoms with Crippen LogP contribution in [0.1, 0.15) is 19.8 Å². The van der Waals surface area contributed by atoms with E-state index in [9.17, 15) is 19.7 Å². The number of esters is 1. The summed E-state index contributed by atoms with van der Waals surface area (Å²) in [7, 11) is 0. The van der Waals surface area contributed by atoms with E-state index in [1.807, 2.05) is 24.3 Å². The van der Waals surface area contributed by atoms with Crippen LogP contribution >= 0.6 is 34.7 Å². The number of rotatable bonds is 9. The van der Waals surface area contributed by atoms with E-state index in [0.717, 1.165) is 10.6 Å². The van der Waals surface area contributed by atoms with Crippen molar-refractivity contribution >= 4 is 62.5 Å². The Balaban J connectivity index is 1.77. The standard InChI is InChI=1S/C21H20ClN3O5S2/c1-2-30-20(27)13-24-17-12-15(25(28)29)7-10-18(17)32-21(24)23-19(26)4-3-11-31-16-8-5-14(22)6-9-16/h5-10,12H,2-4,11,13H2,1H3. The van der Waals surface area contributed by atoms with Gasteiger partial charge in [0.1, 0.15) is 6.54 Å². The zero-order valence-electron chi connectivity index (χ0n) is 17.2. The van der Waals surface area contributed by atoms with Crippen molar-refractivity contribution in [1.29, 1.82) is 0 Å². The van der Waals surface area contributed by atoms with Crippen LogP contribution in [0.15, 0.2) is 52.4 Å². The number of ether oxygens (including phenoxy) is 1. The molecule has 0 radical (unpaired) electrons. The minimum Gasteiger partial charge on any atom is -0.465 e. The number of benzene rings is 2. The summed E-state index contributed by atoms with van der Waals surface area (Å²) < 4.78 is 7.18. The molecule has 1 heterocycles.